The summed E-state index contributed by atoms with van der Waals surface area (Å²) >= 11 is 0. The Balaban J connectivity index is 1.83. The van der Waals surface area contributed by atoms with E-state index in [-0.39, 0.29) is 23.2 Å². The zero-order valence-corrected chi connectivity index (χ0v) is 15.5. The second-order valence-electron chi connectivity index (χ2n) is 6.94. The first-order valence-corrected chi connectivity index (χ1v) is 9.15. The SMILES string of the molecule is COc1ccccc1[C@@H]1C(C#N)=C(N)OC2=C1C(=O)C[C@H](c1ccccc1)C2. The molecule has 0 unspecified atom stereocenters. The predicted octanol–water partition coefficient (Wildman–Crippen LogP) is 3.90. The van der Waals surface area contributed by atoms with Crippen LogP contribution in [0.3, 0.4) is 0 Å². The quantitative estimate of drug-likeness (QED) is 0.883. The number of allylic oxidation sites excluding steroid dienone is 3. The van der Waals surface area contributed by atoms with Crippen molar-refractivity contribution in [1.82, 2.24) is 0 Å². The fourth-order valence-electron chi connectivity index (χ4n) is 4.08. The van der Waals surface area contributed by atoms with Crippen molar-refractivity contribution in [2.45, 2.75) is 24.7 Å². The van der Waals surface area contributed by atoms with Crippen molar-refractivity contribution in [2.24, 2.45) is 5.73 Å². The molecule has 0 amide bonds. The molecule has 4 rings (SSSR count). The van der Waals surface area contributed by atoms with Gasteiger partial charge >= 0.3 is 0 Å². The van der Waals surface area contributed by atoms with Crippen LogP contribution in [-0.4, -0.2) is 12.9 Å². The van der Waals surface area contributed by atoms with Gasteiger partial charge < -0.3 is 15.2 Å². The monoisotopic (exact) mass is 372 g/mol. The van der Waals surface area contributed by atoms with E-state index in [4.69, 9.17) is 15.2 Å². The van der Waals surface area contributed by atoms with Crippen LogP contribution in [0.5, 0.6) is 5.75 Å². The molecule has 0 spiro atoms. The number of carbonyl (C=O) groups excluding carboxylic acids is 1. The molecule has 2 aromatic rings. The second kappa shape index (κ2) is 7.24. The first-order chi connectivity index (χ1) is 13.6. The summed E-state index contributed by atoms with van der Waals surface area (Å²) in [6.07, 6.45) is 0.937. The molecule has 0 bridgehead atoms. The van der Waals surface area contributed by atoms with Crippen LogP contribution in [0.25, 0.3) is 0 Å². The van der Waals surface area contributed by atoms with E-state index in [1.165, 1.54) is 0 Å². The van der Waals surface area contributed by atoms with Gasteiger partial charge in [0.1, 0.15) is 23.2 Å². The van der Waals surface area contributed by atoms with Gasteiger partial charge in [0.2, 0.25) is 5.88 Å². The normalized spacial score (nSPS) is 21.6. The lowest BCUT2D eigenvalue weighted by molar-refractivity contribution is -0.117. The van der Waals surface area contributed by atoms with Crippen LogP contribution in [0.1, 0.15) is 35.8 Å². The lowest BCUT2D eigenvalue weighted by Gasteiger charge is -2.34. The van der Waals surface area contributed by atoms with E-state index in [0.717, 1.165) is 11.1 Å². The van der Waals surface area contributed by atoms with Gasteiger partial charge in [-0.2, -0.15) is 5.26 Å². The highest BCUT2D eigenvalue weighted by Crippen LogP contribution is 2.48. The molecule has 140 valence electrons. The number of carbonyl (C=O) groups is 1. The third kappa shape index (κ3) is 2.93. The van der Waals surface area contributed by atoms with Crippen LogP contribution in [0.2, 0.25) is 0 Å². The Kier molecular flexibility index (Phi) is 4.62. The topological polar surface area (TPSA) is 85.3 Å². The van der Waals surface area contributed by atoms with Crippen molar-refractivity contribution in [1.29, 1.82) is 5.26 Å². The summed E-state index contributed by atoms with van der Waals surface area (Å²) in [6.45, 7) is 0. The van der Waals surface area contributed by atoms with E-state index in [1.54, 1.807) is 7.11 Å². The predicted molar refractivity (Wildman–Crippen MR) is 104 cm³/mol. The Morgan fingerprint density at radius 1 is 1.11 bits per heavy atom. The van der Waals surface area contributed by atoms with Gasteiger partial charge in [-0.3, -0.25) is 4.79 Å². The number of benzene rings is 2. The van der Waals surface area contributed by atoms with Gasteiger partial charge in [0, 0.05) is 24.0 Å². The molecular weight excluding hydrogens is 352 g/mol. The molecule has 28 heavy (non-hydrogen) atoms. The Labute approximate surface area is 163 Å². The molecule has 2 atom stereocenters. The van der Waals surface area contributed by atoms with E-state index in [9.17, 15) is 10.1 Å². The van der Waals surface area contributed by atoms with Crippen molar-refractivity contribution >= 4 is 5.78 Å². The molecule has 1 aliphatic carbocycles. The number of para-hydroxylation sites is 1. The van der Waals surface area contributed by atoms with Crippen LogP contribution >= 0.6 is 0 Å². The fourth-order valence-corrected chi connectivity index (χ4v) is 4.08. The molecule has 0 radical (unpaired) electrons. The number of nitrogens with zero attached hydrogens (tertiary/aromatic N) is 1. The Hall–Kier alpha value is -3.52. The van der Waals surface area contributed by atoms with Crippen molar-refractivity contribution in [3.8, 4) is 11.8 Å². The Morgan fingerprint density at radius 2 is 1.82 bits per heavy atom. The molecular formula is C23H20N2O3. The molecule has 5 nitrogen and oxygen atoms in total. The average molecular weight is 372 g/mol. The number of methoxy groups -OCH3 is 1. The lowest BCUT2D eigenvalue weighted by atomic mass is 9.73. The van der Waals surface area contributed by atoms with E-state index in [2.05, 4.69) is 6.07 Å². The van der Waals surface area contributed by atoms with Crippen LogP contribution in [0.4, 0.5) is 0 Å². The largest absolute Gasteiger partial charge is 0.496 e. The Morgan fingerprint density at radius 3 is 2.54 bits per heavy atom. The van der Waals surface area contributed by atoms with Crippen LogP contribution in [0, 0.1) is 11.3 Å². The maximum atomic E-state index is 13.2. The molecule has 2 N–H and O–H groups in total. The van der Waals surface area contributed by atoms with Gasteiger partial charge in [0.25, 0.3) is 0 Å². The smallest absolute Gasteiger partial charge is 0.205 e. The van der Waals surface area contributed by atoms with Gasteiger partial charge in [-0.05, 0) is 17.5 Å². The van der Waals surface area contributed by atoms with Gasteiger partial charge in [-0.15, -0.1) is 0 Å². The van der Waals surface area contributed by atoms with E-state index >= 15 is 0 Å². The number of ether oxygens (including phenoxy) is 2. The van der Waals surface area contributed by atoms with E-state index in [1.807, 2.05) is 54.6 Å². The first kappa shape index (κ1) is 17.9. The summed E-state index contributed by atoms with van der Waals surface area (Å²) in [5.74, 6) is 0.651. The fraction of sp³-hybridized carbons (Fsp3) is 0.217. The van der Waals surface area contributed by atoms with E-state index < -0.39 is 5.92 Å². The lowest BCUT2D eigenvalue weighted by Crippen LogP contribution is -2.30. The number of Topliss-reactive ketones (excluding diaryl/α,β-unsaturated/α-hetero) is 1. The van der Waals surface area contributed by atoms with Crippen LogP contribution < -0.4 is 10.5 Å². The third-order valence-electron chi connectivity index (χ3n) is 5.38. The minimum Gasteiger partial charge on any atom is -0.496 e. The number of nitrogens with two attached hydrogens (primary N) is 1. The Bertz CT molecular complexity index is 1030. The van der Waals surface area contributed by atoms with Crippen molar-refractivity contribution in [3.63, 3.8) is 0 Å². The van der Waals surface area contributed by atoms with Crippen LogP contribution in [-0.2, 0) is 9.53 Å². The molecule has 2 aromatic carbocycles. The minimum atomic E-state index is -0.575. The van der Waals surface area contributed by atoms with Gasteiger partial charge in [-0.25, -0.2) is 0 Å². The number of nitriles is 1. The van der Waals surface area contributed by atoms with Gasteiger partial charge in [0.15, 0.2) is 5.78 Å². The van der Waals surface area contributed by atoms with Crippen molar-refractivity contribution in [3.05, 3.63) is 88.5 Å². The summed E-state index contributed by atoms with van der Waals surface area (Å²) < 4.78 is 11.3. The number of hydrogen-bond acceptors (Lipinski definition) is 5. The highest BCUT2D eigenvalue weighted by Gasteiger charge is 2.41. The molecule has 1 heterocycles. The molecule has 5 heteroatoms. The van der Waals surface area contributed by atoms with Crippen molar-refractivity contribution in [2.75, 3.05) is 7.11 Å². The summed E-state index contributed by atoms with van der Waals surface area (Å²) in [7, 11) is 1.57. The minimum absolute atomic E-state index is 0.0220. The molecule has 2 aliphatic rings. The summed E-state index contributed by atoms with van der Waals surface area (Å²) in [6, 6.07) is 19.4. The van der Waals surface area contributed by atoms with Gasteiger partial charge in [0.05, 0.1) is 13.0 Å². The molecule has 0 aromatic heterocycles. The zero-order chi connectivity index (χ0) is 19.7. The number of ketones is 1. The molecule has 0 saturated carbocycles. The third-order valence-corrected chi connectivity index (χ3v) is 5.38. The molecule has 0 fully saturated rings. The van der Waals surface area contributed by atoms with E-state index in [0.29, 0.717) is 29.9 Å². The maximum absolute atomic E-state index is 13.2. The summed E-state index contributed by atoms with van der Waals surface area (Å²) in [5.41, 5.74) is 8.69. The molecule has 1 aliphatic heterocycles. The average Bonchev–Trinajstić information content (AvgIpc) is 2.73. The summed E-state index contributed by atoms with van der Waals surface area (Å²) in [5, 5.41) is 9.72. The zero-order valence-electron chi connectivity index (χ0n) is 15.5. The highest BCUT2D eigenvalue weighted by molar-refractivity contribution is 6.00. The van der Waals surface area contributed by atoms with Crippen molar-refractivity contribution < 1.29 is 14.3 Å². The van der Waals surface area contributed by atoms with Gasteiger partial charge in [-0.1, -0.05) is 48.5 Å². The second-order valence-corrected chi connectivity index (χ2v) is 6.94. The first-order valence-electron chi connectivity index (χ1n) is 9.15. The van der Waals surface area contributed by atoms with Crippen LogP contribution in [0.15, 0.2) is 77.4 Å². The number of hydrogen-bond donors (Lipinski definition) is 1. The highest BCUT2D eigenvalue weighted by atomic mass is 16.5. The standard InChI is InChI=1S/C23H20N2O3/c1-27-19-10-6-5-9-16(19)21-17(13-24)23(25)28-20-12-15(11-18(26)22(20)21)14-7-3-2-4-8-14/h2-10,15,21H,11-12,25H2,1H3/t15-,21+/m0/s1. The summed E-state index contributed by atoms with van der Waals surface area (Å²) in [4.78, 5) is 13.2. The molecule has 0 saturated heterocycles. The maximum Gasteiger partial charge on any atom is 0.205 e. The number of rotatable bonds is 3.